The number of hydrogen-bond donors (Lipinski definition) is 1. The first kappa shape index (κ1) is 25.8. The van der Waals surface area contributed by atoms with Crippen LogP contribution in [0.2, 0.25) is 0 Å². The van der Waals surface area contributed by atoms with Gasteiger partial charge in [-0.15, -0.1) is 0 Å². The normalized spacial score (nSPS) is 44.8. The van der Waals surface area contributed by atoms with E-state index < -0.39 is 5.60 Å². The van der Waals surface area contributed by atoms with Gasteiger partial charge in [-0.3, -0.25) is 0 Å². The number of likely N-dealkylation sites (tertiary alicyclic amines) is 1. The van der Waals surface area contributed by atoms with Gasteiger partial charge < -0.3 is 19.2 Å². The van der Waals surface area contributed by atoms with Crippen LogP contribution in [0.25, 0.3) is 0 Å². The van der Waals surface area contributed by atoms with E-state index in [0.29, 0.717) is 23.2 Å². The lowest BCUT2D eigenvalue weighted by Gasteiger charge is -2.63. The number of aliphatic hydroxyl groups is 1. The fourth-order valence-electron chi connectivity index (χ4n) is 9.92. The number of ether oxygens (including phenoxy) is 1. The molecule has 1 saturated heterocycles. The number of hydrogen-bond acceptors (Lipinski definition) is 5. The zero-order chi connectivity index (χ0) is 24.8. The second-order valence-electron chi connectivity index (χ2n) is 13.4. The Bertz CT molecular complexity index is 871. The highest BCUT2D eigenvalue weighted by atomic mass is 32.2. The van der Waals surface area contributed by atoms with Gasteiger partial charge in [-0.25, -0.2) is 0 Å². The van der Waals surface area contributed by atoms with Crippen LogP contribution in [0.1, 0.15) is 96.0 Å². The van der Waals surface area contributed by atoms with Crippen molar-refractivity contribution in [1.82, 2.24) is 4.90 Å². The monoisotopic (exact) mass is 515 g/mol. The highest BCUT2D eigenvalue weighted by molar-refractivity contribution is 7.99. The molecule has 6 rings (SSSR count). The average Bonchev–Trinajstić information content (AvgIpc) is 3.62. The highest BCUT2D eigenvalue weighted by Crippen LogP contribution is 2.70. The molecule has 8 atom stereocenters. The summed E-state index contributed by atoms with van der Waals surface area (Å²) in [7, 11) is 0. The Kier molecular flexibility index (Phi) is 7.33. The molecule has 0 aromatic carbocycles. The molecule has 4 nitrogen and oxygen atoms in total. The maximum Gasteiger partial charge on any atom is 0.0937 e. The standard InChI is InChI=1S/C31H49NO3S/c1-29-11-7-25(36-20-19-34-18-16-32-14-3-4-15-32)21-24(29)5-6-28-27(29)8-12-30(2)26(9-13-31(28,30)33)23-10-17-35-22-23/h10,17,22,24-28,33H,3-9,11-16,18-21H2,1-2H3/t24-,25+,26-,27+,28-,29+,30-,31+/m1/s1. The summed E-state index contributed by atoms with van der Waals surface area (Å²) >= 11 is 2.18. The van der Waals surface area contributed by atoms with Crippen LogP contribution >= 0.6 is 11.8 Å². The summed E-state index contributed by atoms with van der Waals surface area (Å²) < 4.78 is 11.4. The summed E-state index contributed by atoms with van der Waals surface area (Å²) in [5, 5.41) is 13.2. The molecule has 0 spiro atoms. The average molecular weight is 516 g/mol. The second-order valence-corrected chi connectivity index (χ2v) is 14.9. The molecular weight excluding hydrogens is 466 g/mol. The Morgan fingerprint density at radius 3 is 2.69 bits per heavy atom. The molecule has 5 heteroatoms. The molecule has 1 aromatic rings. The van der Waals surface area contributed by atoms with Crippen LogP contribution in [0.4, 0.5) is 0 Å². The van der Waals surface area contributed by atoms with Crippen LogP contribution in [0.5, 0.6) is 0 Å². The van der Waals surface area contributed by atoms with E-state index in [4.69, 9.17) is 9.15 Å². The van der Waals surface area contributed by atoms with Crippen molar-refractivity contribution in [3.8, 4) is 0 Å². The first-order valence-electron chi connectivity index (χ1n) is 15.1. The zero-order valence-corrected chi connectivity index (χ0v) is 23.6. The summed E-state index contributed by atoms with van der Waals surface area (Å²) in [5.41, 5.74) is 1.20. The van der Waals surface area contributed by atoms with Crippen molar-refractivity contribution in [2.45, 2.75) is 101 Å². The maximum absolute atomic E-state index is 12.4. The van der Waals surface area contributed by atoms with Gasteiger partial charge in [0.05, 0.1) is 31.3 Å². The molecule has 1 aliphatic heterocycles. The quantitative estimate of drug-likeness (QED) is 0.389. The van der Waals surface area contributed by atoms with E-state index in [9.17, 15) is 5.11 Å². The van der Waals surface area contributed by atoms with Crippen LogP contribution in [-0.2, 0) is 4.74 Å². The molecule has 5 fully saturated rings. The molecule has 1 N–H and O–H groups in total. The molecule has 0 bridgehead atoms. The summed E-state index contributed by atoms with van der Waals surface area (Å²) in [4.78, 5) is 2.54. The van der Waals surface area contributed by atoms with Gasteiger partial charge in [0.15, 0.2) is 0 Å². The van der Waals surface area contributed by atoms with E-state index in [1.165, 1.54) is 70.0 Å². The Hall–Kier alpha value is -0.490. The van der Waals surface area contributed by atoms with E-state index in [-0.39, 0.29) is 5.41 Å². The Morgan fingerprint density at radius 1 is 1.03 bits per heavy atom. The number of furan rings is 1. The van der Waals surface area contributed by atoms with Crippen molar-refractivity contribution in [3.05, 3.63) is 24.2 Å². The van der Waals surface area contributed by atoms with Gasteiger partial charge in [-0.05, 0) is 124 Å². The molecule has 4 saturated carbocycles. The van der Waals surface area contributed by atoms with Gasteiger partial charge in [0.25, 0.3) is 0 Å². The van der Waals surface area contributed by atoms with E-state index >= 15 is 0 Å². The second kappa shape index (κ2) is 10.2. The van der Waals surface area contributed by atoms with Crippen molar-refractivity contribution in [2.75, 3.05) is 38.6 Å². The predicted octanol–water partition coefficient (Wildman–Crippen LogP) is 6.74. The molecule has 36 heavy (non-hydrogen) atoms. The van der Waals surface area contributed by atoms with Crippen molar-refractivity contribution in [1.29, 1.82) is 0 Å². The SMILES string of the molecule is C[C@]12CC[C@H](SCCOCCN3CCCC3)C[C@H]1CC[C@@H]1[C@@H]2CC[C@]2(C)[C@@H](c3ccoc3)CC[C@]12O. The minimum Gasteiger partial charge on any atom is -0.472 e. The molecule has 0 amide bonds. The molecule has 1 aromatic heterocycles. The van der Waals surface area contributed by atoms with Crippen LogP contribution in [0.3, 0.4) is 0 Å². The van der Waals surface area contributed by atoms with E-state index in [2.05, 4.69) is 36.6 Å². The third-order valence-electron chi connectivity index (χ3n) is 12.1. The summed E-state index contributed by atoms with van der Waals surface area (Å²) in [6, 6.07) is 2.14. The van der Waals surface area contributed by atoms with Gasteiger partial charge in [-0.1, -0.05) is 13.8 Å². The van der Waals surface area contributed by atoms with Crippen LogP contribution in [-0.4, -0.2) is 59.5 Å². The molecule has 2 heterocycles. The summed E-state index contributed by atoms with van der Waals surface area (Å²) in [5.74, 6) is 3.59. The van der Waals surface area contributed by atoms with Gasteiger partial charge in [0.2, 0.25) is 0 Å². The molecule has 5 aliphatic rings. The summed E-state index contributed by atoms with van der Waals surface area (Å²) in [6.45, 7) is 10.5. The lowest BCUT2D eigenvalue weighted by Crippen LogP contribution is -2.61. The molecular formula is C31H49NO3S. The smallest absolute Gasteiger partial charge is 0.0937 e. The predicted molar refractivity (Wildman–Crippen MR) is 147 cm³/mol. The number of thioether (sulfide) groups is 1. The van der Waals surface area contributed by atoms with Crippen molar-refractivity contribution < 1.29 is 14.3 Å². The van der Waals surface area contributed by atoms with Gasteiger partial charge in [0, 0.05) is 23.0 Å². The topological polar surface area (TPSA) is 45.8 Å². The van der Waals surface area contributed by atoms with Gasteiger partial charge in [0.1, 0.15) is 0 Å². The van der Waals surface area contributed by atoms with Crippen molar-refractivity contribution in [3.63, 3.8) is 0 Å². The largest absolute Gasteiger partial charge is 0.472 e. The Morgan fingerprint density at radius 2 is 1.89 bits per heavy atom. The van der Waals surface area contributed by atoms with Crippen molar-refractivity contribution in [2.24, 2.45) is 28.6 Å². The van der Waals surface area contributed by atoms with Crippen molar-refractivity contribution >= 4 is 11.8 Å². The molecule has 4 aliphatic carbocycles. The van der Waals surface area contributed by atoms with E-state index in [1.54, 1.807) is 0 Å². The summed E-state index contributed by atoms with van der Waals surface area (Å²) in [6.07, 6.45) is 17.6. The lowest BCUT2D eigenvalue weighted by atomic mass is 9.43. The molecule has 0 radical (unpaired) electrons. The first-order chi connectivity index (χ1) is 17.4. The third-order valence-corrected chi connectivity index (χ3v) is 13.4. The van der Waals surface area contributed by atoms with Gasteiger partial charge in [-0.2, -0.15) is 11.8 Å². The third kappa shape index (κ3) is 4.32. The fraction of sp³-hybridized carbons (Fsp3) is 0.871. The Labute approximate surface area is 223 Å². The van der Waals surface area contributed by atoms with Gasteiger partial charge >= 0.3 is 0 Å². The molecule has 202 valence electrons. The minimum absolute atomic E-state index is 0.0108. The van der Waals surface area contributed by atoms with Crippen LogP contribution in [0, 0.1) is 28.6 Å². The first-order valence-corrected chi connectivity index (χ1v) is 16.1. The molecule has 0 unspecified atom stereocenters. The number of fused-ring (bicyclic) bond motifs is 5. The van der Waals surface area contributed by atoms with E-state index in [1.807, 2.05) is 12.5 Å². The Balaban J connectivity index is 1.03. The highest BCUT2D eigenvalue weighted by Gasteiger charge is 2.67. The fourth-order valence-corrected chi connectivity index (χ4v) is 11.1. The van der Waals surface area contributed by atoms with Crippen LogP contribution < -0.4 is 0 Å². The van der Waals surface area contributed by atoms with E-state index in [0.717, 1.165) is 55.9 Å². The zero-order valence-electron chi connectivity index (χ0n) is 22.8. The van der Waals surface area contributed by atoms with Crippen LogP contribution in [0.15, 0.2) is 23.0 Å². The number of nitrogens with zero attached hydrogens (tertiary/aromatic N) is 1. The maximum atomic E-state index is 12.4. The number of rotatable bonds is 8. The lowest BCUT2D eigenvalue weighted by molar-refractivity contribution is -0.200. The minimum atomic E-state index is -0.510.